The summed E-state index contributed by atoms with van der Waals surface area (Å²) >= 11 is 0. The molecule has 0 saturated heterocycles. The Labute approximate surface area is 120 Å². The minimum atomic E-state index is -0.0441. The second kappa shape index (κ2) is 6.75. The van der Waals surface area contributed by atoms with Crippen molar-refractivity contribution in [2.75, 3.05) is 19.7 Å². The first-order valence-corrected chi connectivity index (χ1v) is 7.41. The Balaban J connectivity index is 2.30. The van der Waals surface area contributed by atoms with Gasteiger partial charge in [0.15, 0.2) is 0 Å². The molecular weight excluding hydrogens is 252 g/mol. The quantitative estimate of drug-likeness (QED) is 0.869. The minimum absolute atomic E-state index is 0.0441. The predicted octanol–water partition coefficient (Wildman–Crippen LogP) is 2.51. The van der Waals surface area contributed by atoms with Gasteiger partial charge in [0.1, 0.15) is 12.4 Å². The van der Waals surface area contributed by atoms with Gasteiger partial charge in [-0.15, -0.1) is 0 Å². The zero-order chi connectivity index (χ0) is 14.5. The number of rotatable bonds is 5. The van der Waals surface area contributed by atoms with Crippen molar-refractivity contribution >= 4 is 5.91 Å². The predicted molar refractivity (Wildman–Crippen MR) is 80.1 cm³/mol. The Bertz CT molecular complexity index is 472. The van der Waals surface area contributed by atoms with Gasteiger partial charge in [0, 0.05) is 6.04 Å². The first-order valence-electron chi connectivity index (χ1n) is 7.41. The average molecular weight is 276 g/mol. The maximum Gasteiger partial charge on any atom is 0.255 e. The lowest BCUT2D eigenvalue weighted by atomic mass is 9.94. The fraction of sp³-hybridized carbons (Fsp3) is 0.562. The number of carbonyl (C=O) groups is 1. The highest BCUT2D eigenvalue weighted by molar-refractivity contribution is 5.97. The van der Waals surface area contributed by atoms with Crippen molar-refractivity contribution in [1.29, 1.82) is 0 Å². The van der Waals surface area contributed by atoms with Gasteiger partial charge < -0.3 is 15.4 Å². The standard InChI is InChI=1S/C16H24N2O2/c1-4-7-17-15(11(2)3)12-5-6-14-13(10-12)16(19)18-8-9-20-14/h5-6,10-11,15,17H,4,7-9H2,1-3H3,(H,18,19). The molecule has 1 aliphatic rings. The largest absolute Gasteiger partial charge is 0.491 e. The van der Waals surface area contributed by atoms with E-state index in [0.29, 0.717) is 30.4 Å². The molecule has 1 atom stereocenters. The number of carbonyl (C=O) groups excluding carboxylic acids is 1. The lowest BCUT2D eigenvalue weighted by Gasteiger charge is -2.23. The normalized spacial score (nSPS) is 16.1. The highest BCUT2D eigenvalue weighted by Gasteiger charge is 2.21. The zero-order valence-corrected chi connectivity index (χ0v) is 12.5. The fourth-order valence-electron chi connectivity index (χ4n) is 2.50. The molecule has 2 rings (SSSR count). The van der Waals surface area contributed by atoms with Gasteiger partial charge in [0.2, 0.25) is 0 Å². The molecule has 0 fully saturated rings. The number of hydrogen-bond acceptors (Lipinski definition) is 3. The lowest BCUT2D eigenvalue weighted by molar-refractivity contribution is 0.0957. The van der Waals surface area contributed by atoms with Crippen LogP contribution < -0.4 is 15.4 Å². The van der Waals surface area contributed by atoms with Crippen LogP contribution in [-0.2, 0) is 0 Å². The second-order valence-corrected chi connectivity index (χ2v) is 5.54. The molecular formula is C16H24N2O2. The van der Waals surface area contributed by atoms with Crippen molar-refractivity contribution in [2.24, 2.45) is 5.92 Å². The van der Waals surface area contributed by atoms with Crippen molar-refractivity contribution in [3.8, 4) is 5.75 Å². The molecule has 0 radical (unpaired) electrons. The molecule has 1 amide bonds. The van der Waals surface area contributed by atoms with Gasteiger partial charge >= 0.3 is 0 Å². The number of benzene rings is 1. The van der Waals surface area contributed by atoms with Crippen LogP contribution in [0.1, 0.15) is 49.2 Å². The smallest absolute Gasteiger partial charge is 0.255 e. The number of nitrogens with one attached hydrogen (secondary N) is 2. The molecule has 0 spiro atoms. The summed E-state index contributed by atoms with van der Waals surface area (Å²) in [5, 5.41) is 6.40. The van der Waals surface area contributed by atoms with Gasteiger partial charge in [-0.25, -0.2) is 0 Å². The zero-order valence-electron chi connectivity index (χ0n) is 12.5. The number of hydrogen-bond donors (Lipinski definition) is 2. The van der Waals surface area contributed by atoms with Gasteiger partial charge in [-0.2, -0.15) is 0 Å². The first kappa shape index (κ1) is 14.9. The van der Waals surface area contributed by atoms with E-state index in [4.69, 9.17) is 4.74 Å². The van der Waals surface area contributed by atoms with Crippen LogP contribution >= 0.6 is 0 Å². The van der Waals surface area contributed by atoms with Crippen molar-refractivity contribution in [3.05, 3.63) is 29.3 Å². The Morgan fingerprint density at radius 2 is 2.20 bits per heavy atom. The van der Waals surface area contributed by atoms with Crippen LogP contribution in [0.2, 0.25) is 0 Å². The molecule has 0 aromatic heterocycles. The van der Waals surface area contributed by atoms with Crippen LogP contribution in [0.15, 0.2) is 18.2 Å². The molecule has 0 bridgehead atoms. The van der Waals surface area contributed by atoms with E-state index in [-0.39, 0.29) is 11.9 Å². The van der Waals surface area contributed by atoms with E-state index in [9.17, 15) is 4.79 Å². The van der Waals surface area contributed by atoms with Crippen LogP contribution in [0.3, 0.4) is 0 Å². The van der Waals surface area contributed by atoms with Gasteiger partial charge in [0.05, 0.1) is 12.1 Å². The molecule has 110 valence electrons. The molecule has 1 aromatic rings. The molecule has 1 aromatic carbocycles. The monoisotopic (exact) mass is 276 g/mol. The first-order chi connectivity index (χ1) is 9.63. The topological polar surface area (TPSA) is 50.4 Å². The van der Waals surface area contributed by atoms with E-state index in [1.54, 1.807) is 0 Å². The molecule has 4 nitrogen and oxygen atoms in total. The summed E-state index contributed by atoms with van der Waals surface area (Å²) in [5.41, 5.74) is 1.79. The summed E-state index contributed by atoms with van der Waals surface area (Å²) in [4.78, 5) is 12.1. The summed E-state index contributed by atoms with van der Waals surface area (Å²) < 4.78 is 5.59. The molecule has 2 N–H and O–H groups in total. The van der Waals surface area contributed by atoms with E-state index in [1.165, 1.54) is 0 Å². The molecule has 1 unspecified atom stereocenters. The molecule has 20 heavy (non-hydrogen) atoms. The Morgan fingerprint density at radius 3 is 2.90 bits per heavy atom. The molecule has 4 heteroatoms. The Kier molecular flexibility index (Phi) is 5.01. The third kappa shape index (κ3) is 3.31. The Morgan fingerprint density at radius 1 is 1.40 bits per heavy atom. The van der Waals surface area contributed by atoms with Gasteiger partial charge in [-0.05, 0) is 36.6 Å². The maximum atomic E-state index is 12.1. The Hall–Kier alpha value is -1.55. The lowest BCUT2D eigenvalue weighted by Crippen LogP contribution is -2.27. The summed E-state index contributed by atoms with van der Waals surface area (Å²) in [6, 6.07) is 6.20. The fourth-order valence-corrected chi connectivity index (χ4v) is 2.50. The molecule has 1 heterocycles. The third-order valence-electron chi connectivity index (χ3n) is 3.53. The number of fused-ring (bicyclic) bond motifs is 1. The van der Waals surface area contributed by atoms with Crippen molar-refractivity contribution in [1.82, 2.24) is 10.6 Å². The average Bonchev–Trinajstić information content (AvgIpc) is 2.61. The van der Waals surface area contributed by atoms with E-state index >= 15 is 0 Å². The SMILES string of the molecule is CCCNC(c1ccc2c(c1)C(=O)NCCO2)C(C)C. The van der Waals surface area contributed by atoms with E-state index in [0.717, 1.165) is 18.5 Å². The van der Waals surface area contributed by atoms with Crippen molar-refractivity contribution < 1.29 is 9.53 Å². The second-order valence-electron chi connectivity index (χ2n) is 5.54. The maximum absolute atomic E-state index is 12.1. The van der Waals surface area contributed by atoms with Gasteiger partial charge in [-0.3, -0.25) is 4.79 Å². The third-order valence-corrected chi connectivity index (χ3v) is 3.53. The van der Waals surface area contributed by atoms with Gasteiger partial charge in [-0.1, -0.05) is 26.8 Å². The van der Waals surface area contributed by atoms with Crippen LogP contribution in [0.4, 0.5) is 0 Å². The highest BCUT2D eigenvalue weighted by Crippen LogP contribution is 2.28. The van der Waals surface area contributed by atoms with Gasteiger partial charge in [0.25, 0.3) is 5.91 Å². The van der Waals surface area contributed by atoms with Crippen LogP contribution in [0, 0.1) is 5.92 Å². The van der Waals surface area contributed by atoms with E-state index in [2.05, 4.69) is 37.5 Å². The summed E-state index contributed by atoms with van der Waals surface area (Å²) in [7, 11) is 0. The van der Waals surface area contributed by atoms with Crippen LogP contribution in [-0.4, -0.2) is 25.6 Å². The number of ether oxygens (including phenoxy) is 1. The van der Waals surface area contributed by atoms with Crippen molar-refractivity contribution in [3.63, 3.8) is 0 Å². The summed E-state index contributed by atoms with van der Waals surface area (Å²) in [6.45, 7) is 8.60. The molecule has 0 saturated carbocycles. The molecule has 1 aliphatic heterocycles. The van der Waals surface area contributed by atoms with Crippen LogP contribution in [0.25, 0.3) is 0 Å². The summed E-state index contributed by atoms with van der Waals surface area (Å²) in [5.74, 6) is 1.11. The minimum Gasteiger partial charge on any atom is -0.491 e. The highest BCUT2D eigenvalue weighted by atomic mass is 16.5. The number of amides is 1. The summed E-state index contributed by atoms with van der Waals surface area (Å²) in [6.07, 6.45) is 1.09. The van der Waals surface area contributed by atoms with Crippen molar-refractivity contribution in [2.45, 2.75) is 33.2 Å². The van der Waals surface area contributed by atoms with Crippen LogP contribution in [0.5, 0.6) is 5.75 Å². The van der Waals surface area contributed by atoms with E-state index in [1.807, 2.05) is 12.1 Å². The van der Waals surface area contributed by atoms with E-state index < -0.39 is 0 Å². The molecule has 0 aliphatic carbocycles.